The maximum Gasteiger partial charge on any atom is 0.317 e. The number of urea groups is 1. The number of rotatable bonds is 5. The molecule has 0 aliphatic carbocycles. The van der Waals surface area contributed by atoms with Gasteiger partial charge in [-0.25, -0.2) is 4.79 Å². The van der Waals surface area contributed by atoms with Crippen LogP contribution >= 0.6 is 0 Å². The summed E-state index contributed by atoms with van der Waals surface area (Å²) in [6.45, 7) is 16.1. The lowest BCUT2D eigenvalue weighted by molar-refractivity contribution is -0.00361. The second-order valence-corrected chi connectivity index (χ2v) is 6.65. The number of carbonyl (C=O) groups is 1. The quantitative estimate of drug-likeness (QED) is 0.811. The molecule has 2 aliphatic heterocycles. The molecule has 0 spiro atoms. The molecule has 0 aromatic heterocycles. The number of ether oxygens (including phenoxy) is 1. The zero-order valence-electron chi connectivity index (χ0n) is 14.4. The van der Waals surface area contributed by atoms with Crippen LogP contribution in [-0.2, 0) is 4.74 Å². The maximum absolute atomic E-state index is 12.2. The molecule has 2 heterocycles. The number of nitrogens with zero attached hydrogens (tertiary/aromatic N) is 3. The Morgan fingerprint density at radius 2 is 1.91 bits per heavy atom. The van der Waals surface area contributed by atoms with E-state index in [0.29, 0.717) is 25.6 Å². The monoisotopic (exact) mass is 312 g/mol. The predicted octanol–water partition coefficient (Wildman–Crippen LogP) is 0.690. The second kappa shape index (κ2) is 8.70. The number of piperazine rings is 1. The van der Waals surface area contributed by atoms with Crippen molar-refractivity contribution in [2.75, 3.05) is 65.5 Å². The van der Waals surface area contributed by atoms with Gasteiger partial charge in [-0.05, 0) is 19.4 Å². The number of hydrogen-bond donors (Lipinski definition) is 1. The van der Waals surface area contributed by atoms with Crippen molar-refractivity contribution in [3.05, 3.63) is 0 Å². The SMILES string of the molecule is CCN1CCN(C[C@H](C)CNC(=O)N2CCO[C@H](C)C2)CC1. The fourth-order valence-corrected chi connectivity index (χ4v) is 3.17. The molecule has 2 atom stereocenters. The first kappa shape index (κ1) is 17.5. The minimum absolute atomic E-state index is 0.0535. The van der Waals surface area contributed by atoms with E-state index in [1.807, 2.05) is 11.8 Å². The summed E-state index contributed by atoms with van der Waals surface area (Å²) in [7, 11) is 0. The summed E-state index contributed by atoms with van der Waals surface area (Å²) in [5.74, 6) is 0.482. The number of carbonyl (C=O) groups excluding carboxylic acids is 1. The molecule has 0 bridgehead atoms. The van der Waals surface area contributed by atoms with Crippen molar-refractivity contribution in [2.24, 2.45) is 5.92 Å². The number of nitrogens with one attached hydrogen (secondary N) is 1. The van der Waals surface area contributed by atoms with Crippen molar-refractivity contribution in [3.63, 3.8) is 0 Å². The number of morpholine rings is 1. The molecule has 2 rings (SSSR count). The third-order valence-electron chi connectivity index (χ3n) is 4.61. The minimum Gasteiger partial charge on any atom is -0.375 e. The molecule has 2 aliphatic rings. The van der Waals surface area contributed by atoms with Gasteiger partial charge >= 0.3 is 6.03 Å². The third kappa shape index (κ3) is 5.41. The van der Waals surface area contributed by atoms with E-state index in [-0.39, 0.29) is 12.1 Å². The topological polar surface area (TPSA) is 48.0 Å². The molecule has 2 saturated heterocycles. The van der Waals surface area contributed by atoms with Crippen molar-refractivity contribution in [3.8, 4) is 0 Å². The predicted molar refractivity (Wildman–Crippen MR) is 88.1 cm³/mol. The highest BCUT2D eigenvalue weighted by molar-refractivity contribution is 5.74. The molecule has 0 aromatic carbocycles. The number of amides is 2. The summed E-state index contributed by atoms with van der Waals surface area (Å²) in [4.78, 5) is 19.0. The van der Waals surface area contributed by atoms with Crippen LogP contribution in [0, 0.1) is 5.92 Å². The van der Waals surface area contributed by atoms with E-state index in [1.54, 1.807) is 0 Å². The molecule has 22 heavy (non-hydrogen) atoms. The van der Waals surface area contributed by atoms with Crippen LogP contribution in [0.2, 0.25) is 0 Å². The lowest BCUT2D eigenvalue weighted by Gasteiger charge is -2.35. The highest BCUT2D eigenvalue weighted by Crippen LogP contribution is 2.07. The Bertz CT molecular complexity index is 345. The van der Waals surface area contributed by atoms with E-state index in [2.05, 4.69) is 29.0 Å². The van der Waals surface area contributed by atoms with Crippen LogP contribution in [0.1, 0.15) is 20.8 Å². The number of hydrogen-bond acceptors (Lipinski definition) is 4. The third-order valence-corrected chi connectivity index (χ3v) is 4.61. The summed E-state index contributed by atoms with van der Waals surface area (Å²) in [6.07, 6.45) is 0.145. The summed E-state index contributed by atoms with van der Waals surface area (Å²) < 4.78 is 5.47. The van der Waals surface area contributed by atoms with Crippen LogP contribution in [0.25, 0.3) is 0 Å². The molecule has 0 aromatic rings. The van der Waals surface area contributed by atoms with Crippen molar-refractivity contribution < 1.29 is 9.53 Å². The average molecular weight is 312 g/mol. The summed E-state index contributed by atoms with van der Waals surface area (Å²) in [6, 6.07) is 0.0535. The van der Waals surface area contributed by atoms with Gasteiger partial charge in [-0.15, -0.1) is 0 Å². The largest absolute Gasteiger partial charge is 0.375 e. The second-order valence-electron chi connectivity index (χ2n) is 6.65. The van der Waals surface area contributed by atoms with E-state index < -0.39 is 0 Å². The van der Waals surface area contributed by atoms with E-state index >= 15 is 0 Å². The van der Waals surface area contributed by atoms with Gasteiger partial charge in [0, 0.05) is 52.4 Å². The Morgan fingerprint density at radius 1 is 1.23 bits per heavy atom. The molecule has 6 heteroatoms. The molecule has 2 fully saturated rings. The summed E-state index contributed by atoms with van der Waals surface area (Å²) in [5, 5.41) is 3.08. The molecule has 1 N–H and O–H groups in total. The minimum atomic E-state index is 0.0535. The molecule has 0 saturated carbocycles. The van der Waals surface area contributed by atoms with Crippen LogP contribution < -0.4 is 5.32 Å². The lowest BCUT2D eigenvalue weighted by atomic mass is 10.1. The molecule has 0 radical (unpaired) electrons. The molecule has 6 nitrogen and oxygen atoms in total. The van der Waals surface area contributed by atoms with Gasteiger partial charge in [0.05, 0.1) is 12.7 Å². The van der Waals surface area contributed by atoms with E-state index in [4.69, 9.17) is 4.74 Å². The molecular weight excluding hydrogens is 280 g/mol. The van der Waals surface area contributed by atoms with E-state index in [1.165, 1.54) is 13.1 Å². The van der Waals surface area contributed by atoms with Gasteiger partial charge < -0.3 is 24.8 Å². The zero-order valence-corrected chi connectivity index (χ0v) is 14.4. The first-order chi connectivity index (χ1) is 10.6. The Balaban J connectivity index is 1.63. The highest BCUT2D eigenvalue weighted by atomic mass is 16.5. The van der Waals surface area contributed by atoms with E-state index in [9.17, 15) is 4.79 Å². The van der Waals surface area contributed by atoms with Crippen LogP contribution in [-0.4, -0.2) is 92.3 Å². The van der Waals surface area contributed by atoms with Gasteiger partial charge in [0.1, 0.15) is 0 Å². The number of likely N-dealkylation sites (N-methyl/N-ethyl adjacent to an activating group) is 1. The van der Waals surface area contributed by atoms with Gasteiger partial charge in [0.15, 0.2) is 0 Å². The summed E-state index contributed by atoms with van der Waals surface area (Å²) in [5.41, 5.74) is 0. The first-order valence-electron chi connectivity index (χ1n) is 8.67. The van der Waals surface area contributed by atoms with Gasteiger partial charge in [-0.2, -0.15) is 0 Å². The van der Waals surface area contributed by atoms with Crippen LogP contribution in [0.15, 0.2) is 0 Å². The zero-order chi connectivity index (χ0) is 15.9. The van der Waals surface area contributed by atoms with Crippen LogP contribution in [0.3, 0.4) is 0 Å². The van der Waals surface area contributed by atoms with Gasteiger partial charge in [-0.3, -0.25) is 0 Å². The van der Waals surface area contributed by atoms with Gasteiger partial charge in [-0.1, -0.05) is 13.8 Å². The molecule has 2 amide bonds. The van der Waals surface area contributed by atoms with E-state index in [0.717, 1.165) is 32.7 Å². The lowest BCUT2D eigenvalue weighted by Crippen LogP contribution is -2.51. The van der Waals surface area contributed by atoms with Crippen LogP contribution in [0.4, 0.5) is 4.79 Å². The Kier molecular flexibility index (Phi) is 6.92. The molecule has 128 valence electrons. The van der Waals surface area contributed by atoms with Crippen molar-refractivity contribution in [1.29, 1.82) is 0 Å². The summed E-state index contributed by atoms with van der Waals surface area (Å²) >= 11 is 0. The van der Waals surface area contributed by atoms with Crippen molar-refractivity contribution >= 4 is 6.03 Å². The Morgan fingerprint density at radius 3 is 2.55 bits per heavy atom. The fourth-order valence-electron chi connectivity index (χ4n) is 3.17. The van der Waals surface area contributed by atoms with Crippen molar-refractivity contribution in [1.82, 2.24) is 20.0 Å². The fraction of sp³-hybridized carbons (Fsp3) is 0.938. The molecule has 0 unspecified atom stereocenters. The first-order valence-corrected chi connectivity index (χ1v) is 8.67. The van der Waals surface area contributed by atoms with Gasteiger partial charge in [0.25, 0.3) is 0 Å². The van der Waals surface area contributed by atoms with Crippen molar-refractivity contribution in [2.45, 2.75) is 26.9 Å². The molecular formula is C16H32N4O2. The highest BCUT2D eigenvalue weighted by Gasteiger charge is 2.22. The smallest absolute Gasteiger partial charge is 0.317 e. The Labute approximate surface area is 134 Å². The standard InChI is InChI=1S/C16H32N4O2/c1-4-18-5-7-19(8-6-18)12-14(2)11-17-16(21)20-9-10-22-15(3)13-20/h14-15H,4-13H2,1-3H3,(H,17,21)/t14-,15-/m1/s1. The normalized spacial score (nSPS) is 26.0. The Hall–Kier alpha value is -0.850. The van der Waals surface area contributed by atoms with Crippen LogP contribution in [0.5, 0.6) is 0 Å². The van der Waals surface area contributed by atoms with Gasteiger partial charge in [0.2, 0.25) is 0 Å². The average Bonchev–Trinajstić information content (AvgIpc) is 2.53. The maximum atomic E-state index is 12.2.